The summed E-state index contributed by atoms with van der Waals surface area (Å²) in [5, 5.41) is 3.22. The van der Waals surface area contributed by atoms with Gasteiger partial charge in [-0.1, -0.05) is 37.3 Å². The van der Waals surface area contributed by atoms with Gasteiger partial charge in [0.25, 0.3) is 0 Å². The van der Waals surface area contributed by atoms with Crippen LogP contribution in [0.5, 0.6) is 5.88 Å². The van der Waals surface area contributed by atoms with Gasteiger partial charge in [-0.2, -0.15) is 4.98 Å². The Labute approximate surface area is 113 Å². The number of aryl methyl sites for hydroxylation is 1. The molecule has 0 atom stereocenters. The van der Waals surface area contributed by atoms with E-state index in [1.807, 2.05) is 31.2 Å². The fourth-order valence-corrected chi connectivity index (χ4v) is 1.68. The minimum atomic E-state index is 0.606. The highest BCUT2D eigenvalue weighted by Crippen LogP contribution is 2.13. The highest BCUT2D eigenvalue weighted by Gasteiger charge is 2.02. The van der Waals surface area contributed by atoms with E-state index in [0.29, 0.717) is 25.0 Å². The maximum atomic E-state index is 5.54. The monoisotopic (exact) mass is 257 g/mol. The lowest BCUT2D eigenvalue weighted by Crippen LogP contribution is -2.06. The van der Waals surface area contributed by atoms with Crippen LogP contribution < -0.4 is 10.1 Å². The highest BCUT2D eigenvalue weighted by atomic mass is 16.5. The molecule has 0 aliphatic rings. The van der Waals surface area contributed by atoms with E-state index in [1.54, 1.807) is 0 Å². The van der Waals surface area contributed by atoms with Crippen LogP contribution in [0.15, 0.2) is 36.4 Å². The molecule has 1 aromatic carbocycles. The molecule has 0 aliphatic carbocycles. The van der Waals surface area contributed by atoms with Crippen molar-refractivity contribution in [2.75, 3.05) is 11.9 Å². The predicted octanol–water partition coefficient (Wildman–Crippen LogP) is 3.19. The molecule has 4 heteroatoms. The van der Waals surface area contributed by atoms with E-state index < -0.39 is 0 Å². The van der Waals surface area contributed by atoms with Gasteiger partial charge in [0.05, 0.1) is 6.61 Å². The quantitative estimate of drug-likeness (QED) is 0.863. The lowest BCUT2D eigenvalue weighted by atomic mass is 10.2. The first-order chi connectivity index (χ1) is 9.28. The summed E-state index contributed by atoms with van der Waals surface area (Å²) in [5.41, 5.74) is 2.10. The predicted molar refractivity (Wildman–Crippen MR) is 76.3 cm³/mol. The number of rotatable bonds is 6. The number of hydrogen-bond donors (Lipinski definition) is 1. The van der Waals surface area contributed by atoms with Gasteiger partial charge < -0.3 is 10.1 Å². The van der Waals surface area contributed by atoms with Gasteiger partial charge in [-0.25, -0.2) is 4.98 Å². The van der Waals surface area contributed by atoms with Crippen molar-refractivity contribution in [1.29, 1.82) is 0 Å². The van der Waals surface area contributed by atoms with Crippen molar-refractivity contribution in [3.05, 3.63) is 47.7 Å². The topological polar surface area (TPSA) is 47.0 Å². The zero-order chi connectivity index (χ0) is 13.5. The molecule has 1 heterocycles. The zero-order valence-electron chi connectivity index (χ0n) is 11.4. The maximum Gasteiger partial charge on any atom is 0.226 e. The fourth-order valence-electron chi connectivity index (χ4n) is 1.68. The van der Waals surface area contributed by atoms with Crippen LogP contribution in [0.2, 0.25) is 0 Å². The van der Waals surface area contributed by atoms with E-state index in [0.717, 1.165) is 12.1 Å². The van der Waals surface area contributed by atoms with Crippen molar-refractivity contribution in [3.8, 4) is 5.88 Å². The minimum absolute atomic E-state index is 0.606. The van der Waals surface area contributed by atoms with E-state index in [9.17, 15) is 0 Å². The van der Waals surface area contributed by atoms with E-state index in [4.69, 9.17) is 4.74 Å². The summed E-state index contributed by atoms with van der Waals surface area (Å²) in [5.74, 6) is 1.24. The van der Waals surface area contributed by atoms with Gasteiger partial charge >= 0.3 is 0 Å². The second kappa shape index (κ2) is 6.73. The summed E-state index contributed by atoms with van der Waals surface area (Å²) in [6, 6.07) is 12.0. The van der Waals surface area contributed by atoms with Gasteiger partial charge in [-0.3, -0.25) is 0 Å². The Kier molecular flexibility index (Phi) is 4.72. The third kappa shape index (κ3) is 4.25. The molecule has 0 unspecified atom stereocenters. The molecule has 2 rings (SSSR count). The normalized spacial score (nSPS) is 10.2. The SMILES string of the molecule is CCCOc1cc(C)nc(NCc2ccccc2)n1. The molecule has 0 radical (unpaired) electrons. The first kappa shape index (κ1) is 13.3. The summed E-state index contributed by atoms with van der Waals surface area (Å²) in [4.78, 5) is 8.70. The molecule has 0 saturated heterocycles. The molecule has 1 aromatic heterocycles. The van der Waals surface area contributed by atoms with Gasteiger partial charge in [0.15, 0.2) is 0 Å². The number of anilines is 1. The number of hydrogen-bond acceptors (Lipinski definition) is 4. The molecule has 0 amide bonds. The first-order valence-corrected chi connectivity index (χ1v) is 6.54. The second-order valence-electron chi connectivity index (χ2n) is 4.36. The number of aromatic nitrogens is 2. The highest BCUT2D eigenvalue weighted by molar-refractivity contribution is 5.32. The molecule has 100 valence electrons. The number of ether oxygens (including phenoxy) is 1. The van der Waals surface area contributed by atoms with Crippen LogP contribution in [0.3, 0.4) is 0 Å². The van der Waals surface area contributed by atoms with Gasteiger partial charge in [0.2, 0.25) is 11.8 Å². The van der Waals surface area contributed by atoms with Crippen molar-refractivity contribution in [2.24, 2.45) is 0 Å². The summed E-state index contributed by atoms with van der Waals surface area (Å²) in [7, 11) is 0. The molecule has 0 fully saturated rings. The summed E-state index contributed by atoms with van der Waals surface area (Å²) < 4.78 is 5.54. The molecular formula is C15H19N3O. The van der Waals surface area contributed by atoms with E-state index in [1.165, 1.54) is 5.56 Å². The van der Waals surface area contributed by atoms with Crippen molar-refractivity contribution >= 4 is 5.95 Å². The Balaban J connectivity index is 2.01. The Morgan fingerprint density at radius 1 is 1.16 bits per heavy atom. The molecule has 0 spiro atoms. The van der Waals surface area contributed by atoms with Gasteiger partial charge in [0, 0.05) is 18.3 Å². The molecule has 19 heavy (non-hydrogen) atoms. The Morgan fingerprint density at radius 3 is 2.68 bits per heavy atom. The third-order valence-electron chi connectivity index (χ3n) is 2.58. The third-order valence-corrected chi connectivity index (χ3v) is 2.58. The van der Waals surface area contributed by atoms with Gasteiger partial charge in [-0.15, -0.1) is 0 Å². The Bertz CT molecular complexity index is 514. The second-order valence-corrected chi connectivity index (χ2v) is 4.36. The molecule has 0 aliphatic heterocycles. The van der Waals surface area contributed by atoms with E-state index in [-0.39, 0.29) is 0 Å². The van der Waals surface area contributed by atoms with Crippen molar-refractivity contribution in [2.45, 2.75) is 26.8 Å². The lowest BCUT2D eigenvalue weighted by molar-refractivity contribution is 0.305. The van der Waals surface area contributed by atoms with E-state index in [2.05, 4.69) is 34.3 Å². The summed E-state index contributed by atoms with van der Waals surface area (Å²) in [6.07, 6.45) is 0.968. The average Bonchev–Trinajstić information content (AvgIpc) is 2.43. The first-order valence-electron chi connectivity index (χ1n) is 6.54. The molecule has 4 nitrogen and oxygen atoms in total. The van der Waals surface area contributed by atoms with Crippen LogP contribution in [-0.4, -0.2) is 16.6 Å². The fraction of sp³-hybridized carbons (Fsp3) is 0.333. The molecule has 2 aromatic rings. The maximum absolute atomic E-state index is 5.54. The van der Waals surface area contributed by atoms with Crippen molar-refractivity contribution < 1.29 is 4.74 Å². The zero-order valence-corrected chi connectivity index (χ0v) is 11.4. The lowest BCUT2D eigenvalue weighted by Gasteiger charge is -2.09. The number of benzene rings is 1. The van der Waals surface area contributed by atoms with Crippen molar-refractivity contribution in [3.63, 3.8) is 0 Å². The Morgan fingerprint density at radius 2 is 1.95 bits per heavy atom. The van der Waals surface area contributed by atoms with Crippen LogP contribution in [0.4, 0.5) is 5.95 Å². The Hall–Kier alpha value is -2.10. The number of nitrogens with zero attached hydrogens (tertiary/aromatic N) is 2. The smallest absolute Gasteiger partial charge is 0.226 e. The van der Waals surface area contributed by atoms with Crippen LogP contribution >= 0.6 is 0 Å². The minimum Gasteiger partial charge on any atom is -0.478 e. The number of nitrogens with one attached hydrogen (secondary N) is 1. The standard InChI is InChI=1S/C15H19N3O/c1-3-9-19-14-10-12(2)17-15(18-14)16-11-13-7-5-4-6-8-13/h4-8,10H,3,9,11H2,1-2H3,(H,16,17,18). The molecule has 1 N–H and O–H groups in total. The van der Waals surface area contributed by atoms with Crippen LogP contribution in [0, 0.1) is 6.92 Å². The van der Waals surface area contributed by atoms with Gasteiger partial charge in [0.1, 0.15) is 0 Å². The van der Waals surface area contributed by atoms with Crippen LogP contribution in [0.25, 0.3) is 0 Å². The van der Waals surface area contributed by atoms with E-state index >= 15 is 0 Å². The largest absolute Gasteiger partial charge is 0.478 e. The molecule has 0 bridgehead atoms. The van der Waals surface area contributed by atoms with Crippen molar-refractivity contribution in [1.82, 2.24) is 9.97 Å². The summed E-state index contributed by atoms with van der Waals surface area (Å²) >= 11 is 0. The van der Waals surface area contributed by atoms with Crippen LogP contribution in [-0.2, 0) is 6.54 Å². The summed E-state index contributed by atoms with van der Waals surface area (Å²) in [6.45, 7) is 5.39. The molecular weight excluding hydrogens is 238 g/mol. The average molecular weight is 257 g/mol. The molecule has 0 saturated carbocycles. The van der Waals surface area contributed by atoms with Gasteiger partial charge in [-0.05, 0) is 18.9 Å². The van der Waals surface area contributed by atoms with Crippen LogP contribution in [0.1, 0.15) is 24.6 Å².